The molecule has 7 atom stereocenters. The number of methoxy groups -OCH3 is 1. The van der Waals surface area contributed by atoms with Crippen LogP contribution in [0.5, 0.6) is 0 Å². The minimum Gasteiger partial charge on any atom is -0.469 e. The van der Waals surface area contributed by atoms with Crippen LogP contribution in [0.1, 0.15) is 87.5 Å². The van der Waals surface area contributed by atoms with E-state index in [1.165, 1.54) is 19.6 Å². The van der Waals surface area contributed by atoms with Crippen molar-refractivity contribution in [2.45, 2.75) is 99.7 Å². The minimum absolute atomic E-state index is 0.0133. The maximum absolute atomic E-state index is 12.8. The van der Waals surface area contributed by atoms with Crippen molar-refractivity contribution < 1.29 is 28.6 Å². The van der Waals surface area contributed by atoms with Crippen LogP contribution in [0.3, 0.4) is 0 Å². The van der Waals surface area contributed by atoms with E-state index < -0.39 is 17.6 Å². The molecule has 0 spiro atoms. The van der Waals surface area contributed by atoms with Crippen molar-refractivity contribution >= 4 is 17.9 Å². The molecular formula is C27H44O6. The standard InChI is InChI=1S/C27H44O6/c1-16(2)25(30)33-24-23(32-20(6)28)19(5)26(7,14-13-17(3)15-22(29)31-9)21-12-10-11-18(4)27(21,24)8/h11,16-17,19,21,23-24H,10,12-15H2,1-9H3. The molecule has 2 aliphatic rings. The largest absolute Gasteiger partial charge is 0.469 e. The molecule has 0 aromatic heterocycles. The van der Waals surface area contributed by atoms with Crippen LogP contribution in [0.4, 0.5) is 0 Å². The molecule has 1 fully saturated rings. The van der Waals surface area contributed by atoms with Gasteiger partial charge < -0.3 is 14.2 Å². The van der Waals surface area contributed by atoms with E-state index in [9.17, 15) is 14.4 Å². The van der Waals surface area contributed by atoms with Gasteiger partial charge in [0.05, 0.1) is 13.0 Å². The summed E-state index contributed by atoms with van der Waals surface area (Å²) in [5.41, 5.74) is 0.601. The van der Waals surface area contributed by atoms with Crippen LogP contribution in [0.2, 0.25) is 0 Å². The van der Waals surface area contributed by atoms with Crippen molar-refractivity contribution in [3.05, 3.63) is 11.6 Å². The molecule has 0 radical (unpaired) electrons. The summed E-state index contributed by atoms with van der Waals surface area (Å²) in [5.74, 6) is -0.648. The van der Waals surface area contributed by atoms with Crippen LogP contribution >= 0.6 is 0 Å². The van der Waals surface area contributed by atoms with Crippen LogP contribution in [-0.2, 0) is 28.6 Å². The zero-order valence-electron chi connectivity index (χ0n) is 22.0. The fourth-order valence-corrected chi connectivity index (χ4v) is 6.23. The molecule has 6 heteroatoms. The normalized spacial score (nSPS) is 34.7. The van der Waals surface area contributed by atoms with Crippen LogP contribution in [0, 0.1) is 34.5 Å². The first-order valence-electron chi connectivity index (χ1n) is 12.4. The average molecular weight is 465 g/mol. The van der Waals surface area contributed by atoms with E-state index >= 15 is 0 Å². The summed E-state index contributed by atoms with van der Waals surface area (Å²) < 4.78 is 16.9. The lowest BCUT2D eigenvalue weighted by molar-refractivity contribution is -0.225. The Kier molecular flexibility index (Phi) is 8.80. The molecule has 2 rings (SSSR count). The minimum atomic E-state index is -0.534. The number of hydrogen-bond donors (Lipinski definition) is 0. The smallest absolute Gasteiger partial charge is 0.308 e. The average Bonchev–Trinajstić information content (AvgIpc) is 2.74. The van der Waals surface area contributed by atoms with Gasteiger partial charge in [-0.25, -0.2) is 0 Å². The van der Waals surface area contributed by atoms with Gasteiger partial charge in [0.1, 0.15) is 12.2 Å². The van der Waals surface area contributed by atoms with Gasteiger partial charge in [-0.2, -0.15) is 0 Å². The van der Waals surface area contributed by atoms with E-state index in [1.54, 1.807) is 0 Å². The van der Waals surface area contributed by atoms with E-state index in [0.29, 0.717) is 6.42 Å². The van der Waals surface area contributed by atoms with Crippen LogP contribution in [0.15, 0.2) is 11.6 Å². The van der Waals surface area contributed by atoms with Crippen molar-refractivity contribution in [3.8, 4) is 0 Å². The molecule has 0 aromatic carbocycles. The molecule has 0 N–H and O–H groups in total. The quantitative estimate of drug-likeness (QED) is 0.269. The molecule has 2 aliphatic carbocycles. The second-order valence-corrected chi connectivity index (χ2v) is 11.1. The van der Waals surface area contributed by atoms with Gasteiger partial charge in [-0.3, -0.25) is 14.4 Å². The van der Waals surface area contributed by atoms with Gasteiger partial charge in [0.25, 0.3) is 0 Å². The van der Waals surface area contributed by atoms with Gasteiger partial charge in [-0.05, 0) is 49.9 Å². The molecule has 188 valence electrons. The van der Waals surface area contributed by atoms with Gasteiger partial charge in [-0.15, -0.1) is 0 Å². The summed E-state index contributed by atoms with van der Waals surface area (Å²) in [5, 5.41) is 0. The highest BCUT2D eigenvalue weighted by atomic mass is 16.6. The lowest BCUT2D eigenvalue weighted by atomic mass is 9.45. The molecule has 0 aromatic rings. The first-order chi connectivity index (χ1) is 15.3. The van der Waals surface area contributed by atoms with Gasteiger partial charge in [0, 0.05) is 24.7 Å². The molecule has 33 heavy (non-hydrogen) atoms. The second-order valence-electron chi connectivity index (χ2n) is 11.1. The summed E-state index contributed by atoms with van der Waals surface area (Å²) in [7, 11) is 1.42. The topological polar surface area (TPSA) is 78.9 Å². The number of hydrogen-bond acceptors (Lipinski definition) is 6. The first-order valence-corrected chi connectivity index (χ1v) is 12.4. The number of carbonyl (C=O) groups excluding carboxylic acids is 3. The maximum atomic E-state index is 12.8. The molecule has 0 amide bonds. The van der Waals surface area contributed by atoms with Crippen molar-refractivity contribution in [2.24, 2.45) is 34.5 Å². The molecule has 1 saturated carbocycles. The Morgan fingerprint density at radius 3 is 2.33 bits per heavy atom. The Morgan fingerprint density at radius 1 is 1.15 bits per heavy atom. The van der Waals surface area contributed by atoms with E-state index in [1.807, 2.05) is 13.8 Å². The van der Waals surface area contributed by atoms with Gasteiger partial charge in [0.15, 0.2) is 0 Å². The monoisotopic (exact) mass is 464 g/mol. The number of ether oxygens (including phenoxy) is 3. The van der Waals surface area contributed by atoms with Crippen molar-refractivity contribution in [2.75, 3.05) is 7.11 Å². The summed E-state index contributed by atoms with van der Waals surface area (Å²) in [6, 6.07) is 0. The third-order valence-corrected chi connectivity index (χ3v) is 8.63. The fourth-order valence-electron chi connectivity index (χ4n) is 6.23. The SMILES string of the molecule is COC(=O)CC(C)CCC1(C)C(C)C(OC(C)=O)C(OC(=O)C(C)C)C2(C)C(C)=CCCC12. The maximum Gasteiger partial charge on any atom is 0.308 e. The first kappa shape index (κ1) is 27.4. The Balaban J connectivity index is 2.49. The van der Waals surface area contributed by atoms with Crippen molar-refractivity contribution in [1.82, 2.24) is 0 Å². The van der Waals surface area contributed by atoms with Crippen LogP contribution < -0.4 is 0 Å². The number of allylic oxidation sites excluding steroid dienone is 1. The fraction of sp³-hybridized carbons (Fsp3) is 0.815. The Morgan fingerprint density at radius 2 is 1.79 bits per heavy atom. The third kappa shape index (κ3) is 5.46. The van der Waals surface area contributed by atoms with Crippen molar-refractivity contribution in [3.63, 3.8) is 0 Å². The van der Waals surface area contributed by atoms with Crippen LogP contribution in [0.25, 0.3) is 0 Å². The molecule has 0 heterocycles. The molecule has 6 nitrogen and oxygen atoms in total. The number of rotatable bonds is 8. The van der Waals surface area contributed by atoms with Gasteiger partial charge in [0.2, 0.25) is 0 Å². The summed E-state index contributed by atoms with van der Waals surface area (Å²) >= 11 is 0. The molecule has 0 saturated heterocycles. The van der Waals surface area contributed by atoms with E-state index in [-0.39, 0.29) is 47.0 Å². The highest BCUT2D eigenvalue weighted by Gasteiger charge is 2.64. The summed E-state index contributed by atoms with van der Waals surface area (Å²) in [6.07, 6.45) is 5.30. The predicted octanol–water partition coefficient (Wildman–Crippen LogP) is 5.48. The van der Waals surface area contributed by atoms with Gasteiger partial charge in [-0.1, -0.05) is 53.2 Å². The summed E-state index contributed by atoms with van der Waals surface area (Å²) in [4.78, 5) is 36.7. The van der Waals surface area contributed by atoms with Crippen LogP contribution in [-0.4, -0.2) is 37.2 Å². The second kappa shape index (κ2) is 10.6. The highest BCUT2D eigenvalue weighted by molar-refractivity contribution is 5.72. The molecular weight excluding hydrogens is 420 g/mol. The molecule has 0 bridgehead atoms. The van der Waals surface area contributed by atoms with E-state index in [2.05, 4.69) is 40.7 Å². The number of esters is 3. The summed E-state index contributed by atoms with van der Waals surface area (Å²) in [6.45, 7) is 15.9. The number of fused-ring (bicyclic) bond motifs is 1. The Bertz CT molecular complexity index is 771. The molecule has 0 aliphatic heterocycles. The zero-order valence-corrected chi connectivity index (χ0v) is 22.0. The molecule has 7 unspecified atom stereocenters. The Hall–Kier alpha value is -1.85. The number of carbonyl (C=O) groups is 3. The van der Waals surface area contributed by atoms with Gasteiger partial charge >= 0.3 is 17.9 Å². The lowest BCUT2D eigenvalue weighted by Crippen LogP contribution is -2.65. The predicted molar refractivity (Wildman–Crippen MR) is 127 cm³/mol. The van der Waals surface area contributed by atoms with E-state index in [0.717, 1.165) is 25.7 Å². The third-order valence-electron chi connectivity index (χ3n) is 8.63. The lowest BCUT2D eigenvalue weighted by Gasteiger charge is -2.62. The Labute approximate surface area is 199 Å². The zero-order chi connectivity index (χ0) is 25.1. The van der Waals surface area contributed by atoms with Crippen molar-refractivity contribution in [1.29, 1.82) is 0 Å². The highest BCUT2D eigenvalue weighted by Crippen LogP contribution is 2.63. The van der Waals surface area contributed by atoms with E-state index in [4.69, 9.17) is 14.2 Å².